The van der Waals surface area contributed by atoms with E-state index >= 15 is 0 Å². The number of hydrogen-bond donors (Lipinski definition) is 1. The molecule has 0 saturated carbocycles. The zero-order valence-corrected chi connectivity index (χ0v) is 9.67. The number of nitro groups is 1. The molecule has 0 aliphatic heterocycles. The molecule has 0 aliphatic carbocycles. The maximum Gasteiger partial charge on any atom is 0.311 e. The molecular formula is C11H11N3O4. The Morgan fingerprint density at radius 1 is 1.61 bits per heavy atom. The van der Waals surface area contributed by atoms with Gasteiger partial charge < -0.3 is 10.1 Å². The van der Waals surface area contributed by atoms with E-state index in [-0.39, 0.29) is 30.0 Å². The minimum absolute atomic E-state index is 0.0737. The highest BCUT2D eigenvalue weighted by Crippen LogP contribution is 2.30. The van der Waals surface area contributed by atoms with Gasteiger partial charge in [-0.25, -0.2) is 0 Å². The molecule has 0 saturated heterocycles. The molecule has 7 nitrogen and oxygen atoms in total. The summed E-state index contributed by atoms with van der Waals surface area (Å²) in [6.07, 6.45) is 0.170. The van der Waals surface area contributed by atoms with Gasteiger partial charge in [0.05, 0.1) is 30.1 Å². The van der Waals surface area contributed by atoms with Crippen molar-refractivity contribution in [2.75, 3.05) is 13.7 Å². The first kappa shape index (κ1) is 13.4. The fourth-order valence-corrected chi connectivity index (χ4v) is 1.39. The number of benzene rings is 1. The van der Waals surface area contributed by atoms with E-state index in [1.54, 1.807) is 0 Å². The Labute approximate surface area is 103 Å². The summed E-state index contributed by atoms with van der Waals surface area (Å²) in [7, 11) is 1.26. The number of ether oxygens (including phenoxy) is 1. The predicted octanol–water partition coefficient (Wildman–Crippen LogP) is 1.25. The van der Waals surface area contributed by atoms with E-state index in [1.165, 1.54) is 25.3 Å². The number of nitriles is 1. The normalized spacial score (nSPS) is 9.33. The third-order valence-electron chi connectivity index (χ3n) is 2.16. The molecule has 0 radical (unpaired) electrons. The molecule has 1 N–H and O–H groups in total. The second-order valence-electron chi connectivity index (χ2n) is 3.28. The Morgan fingerprint density at radius 3 is 2.89 bits per heavy atom. The molecule has 0 unspecified atom stereocenters. The highest BCUT2D eigenvalue weighted by molar-refractivity contribution is 5.98. The van der Waals surface area contributed by atoms with Crippen LogP contribution in [0.1, 0.15) is 16.8 Å². The van der Waals surface area contributed by atoms with Gasteiger partial charge in [0.15, 0.2) is 0 Å². The molecule has 0 bridgehead atoms. The number of amides is 1. The second kappa shape index (κ2) is 6.20. The van der Waals surface area contributed by atoms with Gasteiger partial charge in [-0.15, -0.1) is 0 Å². The summed E-state index contributed by atoms with van der Waals surface area (Å²) in [6.45, 7) is 0.182. The SMILES string of the molecule is COc1c(C(=O)NCCC#N)cccc1[N+](=O)[O-]. The molecule has 1 aromatic rings. The van der Waals surface area contributed by atoms with Gasteiger partial charge in [-0.2, -0.15) is 5.26 Å². The lowest BCUT2D eigenvalue weighted by atomic mass is 10.1. The maximum absolute atomic E-state index is 11.8. The number of rotatable bonds is 5. The van der Waals surface area contributed by atoms with Crippen molar-refractivity contribution in [2.45, 2.75) is 6.42 Å². The van der Waals surface area contributed by atoms with Crippen LogP contribution in [0.4, 0.5) is 5.69 Å². The summed E-state index contributed by atoms with van der Waals surface area (Å²) in [5.74, 6) is -0.595. The zero-order chi connectivity index (χ0) is 13.5. The van der Waals surface area contributed by atoms with Crippen LogP contribution in [-0.4, -0.2) is 24.5 Å². The summed E-state index contributed by atoms with van der Waals surface area (Å²) in [5.41, 5.74) is -0.199. The smallest absolute Gasteiger partial charge is 0.311 e. The summed E-state index contributed by atoms with van der Waals surface area (Å²) >= 11 is 0. The lowest BCUT2D eigenvalue weighted by Crippen LogP contribution is -2.24. The van der Waals surface area contributed by atoms with Crippen molar-refractivity contribution in [1.29, 1.82) is 5.26 Å². The Bertz CT molecular complexity index is 508. The van der Waals surface area contributed by atoms with Crippen molar-refractivity contribution in [3.8, 4) is 11.8 Å². The Kier molecular flexibility index (Phi) is 4.63. The first-order valence-corrected chi connectivity index (χ1v) is 5.08. The van der Waals surface area contributed by atoms with E-state index in [4.69, 9.17) is 10.00 Å². The molecule has 0 spiro atoms. The minimum Gasteiger partial charge on any atom is -0.490 e. The van der Waals surface area contributed by atoms with E-state index in [0.717, 1.165) is 0 Å². The van der Waals surface area contributed by atoms with Crippen molar-refractivity contribution < 1.29 is 14.5 Å². The number of carbonyl (C=O) groups excluding carboxylic acids is 1. The van der Waals surface area contributed by atoms with Crippen LogP contribution in [0.3, 0.4) is 0 Å². The molecule has 18 heavy (non-hydrogen) atoms. The van der Waals surface area contributed by atoms with Crippen LogP contribution in [-0.2, 0) is 0 Å². The highest BCUT2D eigenvalue weighted by Gasteiger charge is 2.21. The minimum atomic E-state index is -0.620. The van der Waals surface area contributed by atoms with Crippen LogP contribution in [0, 0.1) is 21.4 Å². The van der Waals surface area contributed by atoms with Crippen molar-refractivity contribution in [2.24, 2.45) is 0 Å². The fourth-order valence-electron chi connectivity index (χ4n) is 1.39. The predicted molar refractivity (Wildman–Crippen MR) is 62.2 cm³/mol. The summed E-state index contributed by atoms with van der Waals surface area (Å²) < 4.78 is 4.90. The largest absolute Gasteiger partial charge is 0.490 e. The van der Waals surface area contributed by atoms with Crippen LogP contribution in [0.2, 0.25) is 0 Å². The maximum atomic E-state index is 11.8. The number of nitro benzene ring substituents is 1. The lowest BCUT2D eigenvalue weighted by Gasteiger charge is -2.08. The lowest BCUT2D eigenvalue weighted by molar-refractivity contribution is -0.385. The molecule has 0 fully saturated rings. The number of nitrogens with zero attached hydrogens (tertiary/aromatic N) is 2. The van der Waals surface area contributed by atoms with Gasteiger partial charge in [0.2, 0.25) is 5.75 Å². The van der Waals surface area contributed by atoms with E-state index in [0.29, 0.717) is 0 Å². The molecule has 1 aromatic carbocycles. The van der Waals surface area contributed by atoms with Gasteiger partial charge >= 0.3 is 5.69 Å². The quantitative estimate of drug-likeness (QED) is 0.480. The van der Waals surface area contributed by atoms with E-state index < -0.39 is 10.8 Å². The molecule has 1 amide bonds. The summed E-state index contributed by atoms with van der Waals surface area (Å²) in [5, 5.41) is 21.6. The van der Waals surface area contributed by atoms with Gasteiger partial charge in [0.25, 0.3) is 5.91 Å². The monoisotopic (exact) mass is 249 g/mol. The second-order valence-corrected chi connectivity index (χ2v) is 3.28. The molecule has 0 heterocycles. The molecule has 1 rings (SSSR count). The molecule has 94 valence electrons. The standard InChI is InChI=1S/C11H11N3O4/c1-18-10-8(11(15)13-7-3-6-12)4-2-5-9(10)14(16)17/h2,4-5H,3,7H2,1H3,(H,13,15). The van der Waals surface area contributed by atoms with Gasteiger partial charge in [0.1, 0.15) is 0 Å². The van der Waals surface area contributed by atoms with Crippen molar-refractivity contribution in [3.63, 3.8) is 0 Å². The average Bonchev–Trinajstić information content (AvgIpc) is 2.37. The Morgan fingerprint density at radius 2 is 2.33 bits per heavy atom. The van der Waals surface area contributed by atoms with Gasteiger partial charge in [0, 0.05) is 12.6 Å². The van der Waals surface area contributed by atoms with Gasteiger partial charge in [-0.05, 0) is 6.07 Å². The van der Waals surface area contributed by atoms with E-state index in [2.05, 4.69) is 5.32 Å². The van der Waals surface area contributed by atoms with Crippen LogP contribution < -0.4 is 10.1 Å². The van der Waals surface area contributed by atoms with Crippen molar-refractivity contribution in [3.05, 3.63) is 33.9 Å². The average molecular weight is 249 g/mol. The molecular weight excluding hydrogens is 238 g/mol. The van der Waals surface area contributed by atoms with Crippen molar-refractivity contribution in [1.82, 2.24) is 5.32 Å². The number of para-hydroxylation sites is 1. The van der Waals surface area contributed by atoms with Crippen LogP contribution >= 0.6 is 0 Å². The van der Waals surface area contributed by atoms with Crippen LogP contribution in [0.25, 0.3) is 0 Å². The number of carbonyl (C=O) groups is 1. The van der Waals surface area contributed by atoms with E-state index in [1.807, 2.05) is 6.07 Å². The van der Waals surface area contributed by atoms with Gasteiger partial charge in [-0.1, -0.05) is 6.07 Å². The third-order valence-corrected chi connectivity index (χ3v) is 2.16. The number of nitrogens with one attached hydrogen (secondary N) is 1. The molecule has 0 aromatic heterocycles. The summed E-state index contributed by atoms with van der Waals surface area (Å²) in [6, 6.07) is 5.96. The Balaban J connectivity index is 3.02. The van der Waals surface area contributed by atoms with Crippen LogP contribution in [0.15, 0.2) is 18.2 Å². The molecule has 0 aliphatic rings. The molecule has 7 heteroatoms. The van der Waals surface area contributed by atoms with Crippen LogP contribution in [0.5, 0.6) is 5.75 Å². The van der Waals surface area contributed by atoms with Gasteiger partial charge in [-0.3, -0.25) is 14.9 Å². The van der Waals surface area contributed by atoms with Crippen molar-refractivity contribution >= 4 is 11.6 Å². The number of hydrogen-bond acceptors (Lipinski definition) is 5. The third kappa shape index (κ3) is 2.95. The highest BCUT2D eigenvalue weighted by atomic mass is 16.6. The zero-order valence-electron chi connectivity index (χ0n) is 9.67. The fraction of sp³-hybridized carbons (Fsp3) is 0.273. The number of methoxy groups -OCH3 is 1. The first-order valence-electron chi connectivity index (χ1n) is 5.08. The van der Waals surface area contributed by atoms with E-state index in [9.17, 15) is 14.9 Å². The summed E-state index contributed by atoms with van der Waals surface area (Å²) in [4.78, 5) is 21.9. The topological polar surface area (TPSA) is 105 Å². The first-order chi connectivity index (χ1) is 8.61. The molecule has 0 atom stereocenters. The Hall–Kier alpha value is -2.62.